The molecule has 1 aliphatic heterocycles. The molecule has 1 aromatic rings. The Morgan fingerprint density at radius 2 is 2.15 bits per heavy atom. The number of halogens is 1. The van der Waals surface area contributed by atoms with Gasteiger partial charge in [-0.05, 0) is 63.3 Å². The molecule has 1 fully saturated rings. The van der Waals surface area contributed by atoms with Gasteiger partial charge in [-0.1, -0.05) is 19.1 Å². The van der Waals surface area contributed by atoms with Crippen LogP contribution in [0.5, 0.6) is 0 Å². The largest absolute Gasteiger partial charge is 0.329 e. The van der Waals surface area contributed by atoms with Gasteiger partial charge < -0.3 is 5.73 Å². The molecule has 2 nitrogen and oxygen atoms in total. The molecule has 3 atom stereocenters. The summed E-state index contributed by atoms with van der Waals surface area (Å²) in [6.45, 7) is 8.51. The number of piperidine rings is 1. The molecular weight excluding hydrogens is 251 g/mol. The lowest BCUT2D eigenvalue weighted by atomic mass is 9.84. The van der Waals surface area contributed by atoms with Crippen molar-refractivity contribution in [3.05, 3.63) is 35.6 Å². The van der Waals surface area contributed by atoms with E-state index in [1.165, 1.54) is 18.9 Å². The predicted octanol–water partition coefficient (Wildman–Crippen LogP) is 3.21. The topological polar surface area (TPSA) is 29.3 Å². The lowest BCUT2D eigenvalue weighted by Gasteiger charge is -2.48. The average Bonchev–Trinajstić information content (AvgIpc) is 2.38. The standard InChI is InChI=1S/C17H27FN2/c1-13-7-8-20(14(2)9-13)17(3,12-19)11-15-5-4-6-16(18)10-15/h4-6,10,13-14H,7-9,11-12,19H2,1-3H3. The first-order chi connectivity index (χ1) is 9.44. The summed E-state index contributed by atoms with van der Waals surface area (Å²) in [4.78, 5) is 2.53. The molecule has 1 saturated heterocycles. The molecule has 3 unspecified atom stereocenters. The normalized spacial score (nSPS) is 27.2. The van der Waals surface area contributed by atoms with Gasteiger partial charge in [0.2, 0.25) is 0 Å². The summed E-state index contributed by atoms with van der Waals surface area (Å²) >= 11 is 0. The molecule has 1 aliphatic rings. The zero-order chi connectivity index (χ0) is 14.8. The van der Waals surface area contributed by atoms with Crippen molar-refractivity contribution < 1.29 is 4.39 Å². The Kier molecular flexibility index (Phi) is 4.82. The average molecular weight is 278 g/mol. The van der Waals surface area contributed by atoms with Gasteiger partial charge in [0.25, 0.3) is 0 Å². The molecule has 1 heterocycles. The van der Waals surface area contributed by atoms with E-state index in [0.29, 0.717) is 12.6 Å². The minimum Gasteiger partial charge on any atom is -0.329 e. The van der Waals surface area contributed by atoms with Crippen molar-refractivity contribution >= 4 is 0 Å². The number of likely N-dealkylation sites (tertiary alicyclic amines) is 1. The van der Waals surface area contributed by atoms with Crippen LogP contribution in [0.2, 0.25) is 0 Å². The van der Waals surface area contributed by atoms with Crippen molar-refractivity contribution in [2.75, 3.05) is 13.1 Å². The Morgan fingerprint density at radius 1 is 1.40 bits per heavy atom. The molecule has 20 heavy (non-hydrogen) atoms. The van der Waals surface area contributed by atoms with Crippen LogP contribution in [0.15, 0.2) is 24.3 Å². The summed E-state index contributed by atoms with van der Waals surface area (Å²) in [6, 6.07) is 7.44. The first kappa shape index (κ1) is 15.5. The molecule has 0 aliphatic carbocycles. The lowest BCUT2D eigenvalue weighted by molar-refractivity contribution is 0.0257. The van der Waals surface area contributed by atoms with Crippen LogP contribution in [0.3, 0.4) is 0 Å². The predicted molar refractivity (Wildman–Crippen MR) is 82.1 cm³/mol. The summed E-state index contributed by atoms with van der Waals surface area (Å²) in [5.74, 6) is 0.625. The number of rotatable bonds is 4. The van der Waals surface area contributed by atoms with Crippen molar-refractivity contribution in [3.8, 4) is 0 Å². The van der Waals surface area contributed by atoms with Crippen LogP contribution in [0.25, 0.3) is 0 Å². The molecule has 112 valence electrons. The highest BCUT2D eigenvalue weighted by Gasteiger charge is 2.36. The number of benzene rings is 1. The van der Waals surface area contributed by atoms with E-state index in [2.05, 4.69) is 25.7 Å². The van der Waals surface area contributed by atoms with Gasteiger partial charge in [-0.3, -0.25) is 4.90 Å². The molecule has 2 rings (SSSR count). The third-order valence-corrected chi connectivity index (χ3v) is 4.75. The summed E-state index contributed by atoms with van der Waals surface area (Å²) in [5.41, 5.74) is 7.03. The fraction of sp³-hybridized carbons (Fsp3) is 0.647. The van der Waals surface area contributed by atoms with Gasteiger partial charge in [0.1, 0.15) is 5.82 Å². The molecular formula is C17H27FN2. The second kappa shape index (κ2) is 6.23. The van der Waals surface area contributed by atoms with Crippen LogP contribution < -0.4 is 5.73 Å². The van der Waals surface area contributed by atoms with Crippen LogP contribution in [0.4, 0.5) is 4.39 Å². The van der Waals surface area contributed by atoms with Gasteiger partial charge in [-0.25, -0.2) is 4.39 Å². The van der Waals surface area contributed by atoms with E-state index in [1.54, 1.807) is 12.1 Å². The second-order valence-corrected chi connectivity index (χ2v) is 6.68. The molecule has 0 aromatic heterocycles. The zero-order valence-corrected chi connectivity index (χ0v) is 12.9. The molecule has 0 radical (unpaired) electrons. The monoisotopic (exact) mass is 278 g/mol. The molecule has 1 aromatic carbocycles. The van der Waals surface area contributed by atoms with E-state index >= 15 is 0 Å². The molecule has 0 bridgehead atoms. The first-order valence-corrected chi connectivity index (χ1v) is 7.66. The summed E-state index contributed by atoms with van der Waals surface area (Å²) in [7, 11) is 0. The molecule has 0 spiro atoms. The van der Waals surface area contributed by atoms with E-state index in [-0.39, 0.29) is 11.4 Å². The Morgan fingerprint density at radius 3 is 2.75 bits per heavy atom. The van der Waals surface area contributed by atoms with E-state index in [9.17, 15) is 4.39 Å². The molecule has 0 amide bonds. The fourth-order valence-electron chi connectivity index (χ4n) is 3.59. The van der Waals surface area contributed by atoms with Crippen molar-refractivity contribution in [2.24, 2.45) is 11.7 Å². The number of hydrogen-bond acceptors (Lipinski definition) is 2. The molecule has 0 saturated carbocycles. The van der Waals surface area contributed by atoms with E-state index in [1.807, 2.05) is 6.07 Å². The van der Waals surface area contributed by atoms with Crippen molar-refractivity contribution in [1.29, 1.82) is 0 Å². The van der Waals surface area contributed by atoms with Gasteiger partial charge in [0.15, 0.2) is 0 Å². The highest BCUT2D eigenvalue weighted by molar-refractivity contribution is 5.19. The SMILES string of the molecule is CC1CCN(C(C)(CN)Cc2cccc(F)c2)C(C)C1. The van der Waals surface area contributed by atoms with Crippen LogP contribution in [-0.2, 0) is 6.42 Å². The number of nitrogens with two attached hydrogens (primary N) is 1. The summed E-state index contributed by atoms with van der Waals surface area (Å²) < 4.78 is 13.4. The Bertz CT molecular complexity index is 448. The quantitative estimate of drug-likeness (QED) is 0.916. The minimum absolute atomic E-state index is 0.0899. The number of nitrogens with zero attached hydrogens (tertiary/aromatic N) is 1. The van der Waals surface area contributed by atoms with Gasteiger partial charge >= 0.3 is 0 Å². The maximum Gasteiger partial charge on any atom is 0.123 e. The first-order valence-electron chi connectivity index (χ1n) is 7.66. The zero-order valence-electron chi connectivity index (χ0n) is 12.9. The Hall–Kier alpha value is -0.930. The van der Waals surface area contributed by atoms with Gasteiger partial charge in [-0.2, -0.15) is 0 Å². The summed E-state index contributed by atoms with van der Waals surface area (Å²) in [6.07, 6.45) is 3.25. The third kappa shape index (κ3) is 3.39. The highest BCUT2D eigenvalue weighted by Crippen LogP contribution is 2.30. The van der Waals surface area contributed by atoms with Crippen LogP contribution in [0, 0.1) is 11.7 Å². The van der Waals surface area contributed by atoms with E-state index < -0.39 is 0 Å². The van der Waals surface area contributed by atoms with Crippen molar-refractivity contribution in [2.45, 2.75) is 51.6 Å². The van der Waals surface area contributed by atoms with E-state index in [4.69, 9.17) is 5.73 Å². The number of hydrogen-bond donors (Lipinski definition) is 1. The maximum absolute atomic E-state index is 13.4. The fourth-order valence-corrected chi connectivity index (χ4v) is 3.59. The summed E-state index contributed by atoms with van der Waals surface area (Å²) in [5, 5.41) is 0. The van der Waals surface area contributed by atoms with Crippen molar-refractivity contribution in [3.63, 3.8) is 0 Å². The lowest BCUT2D eigenvalue weighted by Crippen LogP contribution is -2.58. The smallest absolute Gasteiger partial charge is 0.123 e. The van der Waals surface area contributed by atoms with Crippen molar-refractivity contribution in [1.82, 2.24) is 4.90 Å². The molecule has 3 heteroatoms. The Labute approximate surface area is 122 Å². The Balaban J connectivity index is 2.16. The third-order valence-electron chi connectivity index (χ3n) is 4.75. The highest BCUT2D eigenvalue weighted by atomic mass is 19.1. The minimum atomic E-state index is -0.165. The maximum atomic E-state index is 13.4. The van der Waals surface area contributed by atoms with Gasteiger partial charge in [0, 0.05) is 18.1 Å². The van der Waals surface area contributed by atoms with Crippen LogP contribution >= 0.6 is 0 Å². The van der Waals surface area contributed by atoms with Gasteiger partial charge in [0.05, 0.1) is 0 Å². The van der Waals surface area contributed by atoms with E-state index in [0.717, 1.165) is 24.4 Å². The molecule has 2 N–H and O–H groups in total. The van der Waals surface area contributed by atoms with Crippen LogP contribution in [-0.4, -0.2) is 29.6 Å². The second-order valence-electron chi connectivity index (χ2n) is 6.68. The van der Waals surface area contributed by atoms with Crippen LogP contribution in [0.1, 0.15) is 39.2 Å². The van der Waals surface area contributed by atoms with Gasteiger partial charge in [-0.15, -0.1) is 0 Å².